The third kappa shape index (κ3) is 5.25. The predicted molar refractivity (Wildman–Crippen MR) is 101 cm³/mol. The number of hydrogen-bond donors (Lipinski definition) is 2. The number of aliphatic hydroxyl groups excluding tert-OH is 2. The second-order valence-corrected chi connectivity index (χ2v) is 6.09. The van der Waals surface area contributed by atoms with Crippen molar-refractivity contribution >= 4 is 11.4 Å². The molecule has 130 valence electrons. The van der Waals surface area contributed by atoms with E-state index in [1.165, 1.54) is 11.1 Å². The fourth-order valence-electron chi connectivity index (χ4n) is 2.73. The lowest BCUT2D eigenvalue weighted by atomic mass is 10.2. The summed E-state index contributed by atoms with van der Waals surface area (Å²) < 4.78 is 0. The summed E-state index contributed by atoms with van der Waals surface area (Å²) in [6.07, 6.45) is 0. The Morgan fingerprint density at radius 1 is 0.583 bits per heavy atom. The molecule has 2 N–H and O–H groups in total. The summed E-state index contributed by atoms with van der Waals surface area (Å²) in [7, 11) is 0. The highest BCUT2D eigenvalue weighted by atomic mass is 16.3. The Kier molecular flexibility index (Phi) is 7.09. The standard InChI is InChI=1S/C20H28N2O2/c1-17-3-7-19(8-4-17)21(13-15-23)11-12-22(14-16-24)20-9-5-18(2)6-10-20/h3-10,23-24H,11-16H2,1-2H3. The van der Waals surface area contributed by atoms with Crippen molar-refractivity contribution < 1.29 is 10.2 Å². The van der Waals surface area contributed by atoms with Gasteiger partial charge in [-0.25, -0.2) is 0 Å². The van der Waals surface area contributed by atoms with Crippen molar-refractivity contribution in [3.8, 4) is 0 Å². The molecule has 0 aromatic heterocycles. The fraction of sp³-hybridized carbons (Fsp3) is 0.400. The highest BCUT2D eigenvalue weighted by molar-refractivity contribution is 5.50. The van der Waals surface area contributed by atoms with Crippen LogP contribution in [0.3, 0.4) is 0 Å². The zero-order valence-electron chi connectivity index (χ0n) is 14.7. The lowest BCUT2D eigenvalue weighted by molar-refractivity contribution is 0.298. The van der Waals surface area contributed by atoms with Gasteiger partial charge >= 0.3 is 0 Å². The zero-order chi connectivity index (χ0) is 17.4. The largest absolute Gasteiger partial charge is 0.395 e. The lowest BCUT2D eigenvalue weighted by Crippen LogP contribution is -2.38. The number of benzene rings is 2. The summed E-state index contributed by atoms with van der Waals surface area (Å²) in [6.45, 7) is 7.17. The molecule has 4 heteroatoms. The number of nitrogens with zero attached hydrogens (tertiary/aromatic N) is 2. The highest BCUT2D eigenvalue weighted by Crippen LogP contribution is 2.17. The molecule has 0 aliphatic carbocycles. The first-order valence-corrected chi connectivity index (χ1v) is 8.49. The van der Waals surface area contributed by atoms with E-state index >= 15 is 0 Å². The van der Waals surface area contributed by atoms with Crippen LogP contribution < -0.4 is 9.80 Å². The first-order valence-electron chi connectivity index (χ1n) is 8.49. The molecule has 0 bridgehead atoms. The van der Waals surface area contributed by atoms with Crippen molar-refractivity contribution in [2.24, 2.45) is 0 Å². The third-order valence-corrected chi connectivity index (χ3v) is 4.18. The fourth-order valence-corrected chi connectivity index (χ4v) is 2.73. The van der Waals surface area contributed by atoms with Crippen molar-refractivity contribution in [1.82, 2.24) is 0 Å². The summed E-state index contributed by atoms with van der Waals surface area (Å²) in [4.78, 5) is 4.36. The third-order valence-electron chi connectivity index (χ3n) is 4.18. The number of aryl methyl sites for hydroxylation is 2. The van der Waals surface area contributed by atoms with Gasteiger partial charge in [0.25, 0.3) is 0 Å². The minimum atomic E-state index is 0.123. The molecular weight excluding hydrogens is 300 g/mol. The lowest BCUT2D eigenvalue weighted by Gasteiger charge is -2.30. The minimum absolute atomic E-state index is 0.123. The Morgan fingerprint density at radius 3 is 1.21 bits per heavy atom. The number of rotatable bonds is 9. The normalized spacial score (nSPS) is 10.7. The summed E-state index contributed by atoms with van der Waals surface area (Å²) in [5.74, 6) is 0. The average Bonchev–Trinajstić information content (AvgIpc) is 2.59. The van der Waals surface area contributed by atoms with E-state index < -0.39 is 0 Å². The van der Waals surface area contributed by atoms with Gasteiger partial charge in [-0.1, -0.05) is 35.4 Å². The van der Waals surface area contributed by atoms with Crippen molar-refractivity contribution in [2.75, 3.05) is 49.2 Å². The van der Waals surface area contributed by atoms with Gasteiger partial charge in [0.2, 0.25) is 0 Å². The van der Waals surface area contributed by atoms with Gasteiger partial charge in [-0.15, -0.1) is 0 Å². The molecule has 0 saturated heterocycles. The second-order valence-electron chi connectivity index (χ2n) is 6.09. The molecule has 0 spiro atoms. The summed E-state index contributed by atoms with van der Waals surface area (Å²) in [5.41, 5.74) is 4.68. The molecule has 2 aromatic carbocycles. The van der Waals surface area contributed by atoms with Crippen LogP contribution in [0.2, 0.25) is 0 Å². The Labute approximate surface area is 145 Å². The Bertz CT molecular complexity index is 541. The zero-order valence-corrected chi connectivity index (χ0v) is 14.7. The van der Waals surface area contributed by atoms with E-state index in [4.69, 9.17) is 0 Å². The Morgan fingerprint density at radius 2 is 0.917 bits per heavy atom. The maximum atomic E-state index is 9.37. The van der Waals surface area contributed by atoms with Crippen molar-refractivity contribution in [3.63, 3.8) is 0 Å². The molecule has 0 aliphatic heterocycles. The molecule has 0 atom stereocenters. The van der Waals surface area contributed by atoms with E-state index in [0.717, 1.165) is 24.5 Å². The number of aliphatic hydroxyl groups is 2. The number of anilines is 2. The van der Waals surface area contributed by atoms with Crippen LogP contribution in [0.5, 0.6) is 0 Å². The Balaban J connectivity index is 2.06. The maximum Gasteiger partial charge on any atom is 0.0606 e. The average molecular weight is 328 g/mol. The van der Waals surface area contributed by atoms with E-state index in [9.17, 15) is 10.2 Å². The second kappa shape index (κ2) is 9.30. The summed E-state index contributed by atoms with van der Waals surface area (Å²) >= 11 is 0. The minimum Gasteiger partial charge on any atom is -0.395 e. The topological polar surface area (TPSA) is 46.9 Å². The van der Waals surface area contributed by atoms with Gasteiger partial charge in [-0.2, -0.15) is 0 Å². The van der Waals surface area contributed by atoms with Crippen LogP contribution in [0.15, 0.2) is 48.5 Å². The smallest absolute Gasteiger partial charge is 0.0606 e. The van der Waals surface area contributed by atoms with Crippen LogP contribution in [-0.2, 0) is 0 Å². The van der Waals surface area contributed by atoms with E-state index in [1.54, 1.807) is 0 Å². The van der Waals surface area contributed by atoms with Crippen LogP contribution in [0.1, 0.15) is 11.1 Å². The molecule has 0 amide bonds. The molecule has 2 rings (SSSR count). The van der Waals surface area contributed by atoms with Gasteiger partial charge in [0.1, 0.15) is 0 Å². The van der Waals surface area contributed by atoms with E-state index in [2.05, 4.69) is 72.2 Å². The van der Waals surface area contributed by atoms with Gasteiger partial charge in [-0.3, -0.25) is 0 Å². The predicted octanol–water partition coefficient (Wildman–Crippen LogP) is 2.60. The molecule has 24 heavy (non-hydrogen) atoms. The van der Waals surface area contributed by atoms with Gasteiger partial charge in [0, 0.05) is 37.6 Å². The molecule has 0 heterocycles. The van der Waals surface area contributed by atoms with E-state index in [0.29, 0.717) is 13.1 Å². The van der Waals surface area contributed by atoms with Crippen molar-refractivity contribution in [2.45, 2.75) is 13.8 Å². The molecule has 2 aromatic rings. The van der Waals surface area contributed by atoms with Crippen LogP contribution in [0.4, 0.5) is 11.4 Å². The van der Waals surface area contributed by atoms with Crippen LogP contribution >= 0.6 is 0 Å². The van der Waals surface area contributed by atoms with Gasteiger partial charge in [0.15, 0.2) is 0 Å². The molecule has 0 aliphatic rings. The molecule has 4 nitrogen and oxygen atoms in total. The van der Waals surface area contributed by atoms with Crippen LogP contribution in [0, 0.1) is 13.8 Å². The van der Waals surface area contributed by atoms with E-state index in [-0.39, 0.29) is 13.2 Å². The SMILES string of the molecule is Cc1ccc(N(CCO)CCN(CCO)c2ccc(C)cc2)cc1. The number of hydrogen-bond acceptors (Lipinski definition) is 4. The monoisotopic (exact) mass is 328 g/mol. The quantitative estimate of drug-likeness (QED) is 0.743. The van der Waals surface area contributed by atoms with Crippen molar-refractivity contribution in [3.05, 3.63) is 59.7 Å². The molecule has 0 fully saturated rings. The first-order chi connectivity index (χ1) is 11.6. The Hall–Kier alpha value is -2.04. The highest BCUT2D eigenvalue weighted by Gasteiger charge is 2.10. The van der Waals surface area contributed by atoms with Crippen LogP contribution in [-0.4, -0.2) is 49.6 Å². The molecular formula is C20H28N2O2. The van der Waals surface area contributed by atoms with Crippen LogP contribution in [0.25, 0.3) is 0 Å². The first kappa shape index (κ1) is 18.3. The molecule has 0 radical (unpaired) electrons. The summed E-state index contributed by atoms with van der Waals surface area (Å²) in [5, 5.41) is 18.7. The van der Waals surface area contributed by atoms with Gasteiger partial charge < -0.3 is 20.0 Å². The van der Waals surface area contributed by atoms with Gasteiger partial charge in [0.05, 0.1) is 13.2 Å². The molecule has 0 saturated carbocycles. The van der Waals surface area contributed by atoms with Gasteiger partial charge in [-0.05, 0) is 38.1 Å². The molecule has 0 unspecified atom stereocenters. The summed E-state index contributed by atoms with van der Waals surface area (Å²) in [6, 6.07) is 16.7. The maximum absolute atomic E-state index is 9.37. The van der Waals surface area contributed by atoms with Crippen molar-refractivity contribution in [1.29, 1.82) is 0 Å². The van der Waals surface area contributed by atoms with E-state index in [1.807, 2.05) is 0 Å².